The van der Waals surface area contributed by atoms with Gasteiger partial charge in [-0.2, -0.15) is 0 Å². The van der Waals surface area contributed by atoms with Gasteiger partial charge in [0, 0.05) is 38.1 Å². The normalized spacial score (nSPS) is 12.6. The van der Waals surface area contributed by atoms with Crippen molar-refractivity contribution < 1.29 is 9.47 Å². The number of hydrogen-bond donors (Lipinski definition) is 2. The SMILES string of the molecule is COCCOCCC(Cc1ccccn1)NN. The maximum absolute atomic E-state index is 5.50. The number of rotatable bonds is 9. The minimum atomic E-state index is 0.187. The van der Waals surface area contributed by atoms with Gasteiger partial charge in [-0.3, -0.25) is 16.3 Å². The molecule has 1 heterocycles. The molecule has 1 rings (SSSR count). The van der Waals surface area contributed by atoms with Crippen LogP contribution in [0.4, 0.5) is 0 Å². The van der Waals surface area contributed by atoms with Gasteiger partial charge in [-0.05, 0) is 18.6 Å². The van der Waals surface area contributed by atoms with E-state index in [-0.39, 0.29) is 6.04 Å². The Morgan fingerprint density at radius 2 is 2.24 bits per heavy atom. The van der Waals surface area contributed by atoms with Gasteiger partial charge in [-0.25, -0.2) is 0 Å². The van der Waals surface area contributed by atoms with E-state index < -0.39 is 0 Å². The van der Waals surface area contributed by atoms with Crippen molar-refractivity contribution in [2.45, 2.75) is 18.9 Å². The van der Waals surface area contributed by atoms with E-state index in [9.17, 15) is 0 Å². The molecule has 0 spiro atoms. The van der Waals surface area contributed by atoms with Crippen molar-refractivity contribution in [2.24, 2.45) is 5.84 Å². The number of methoxy groups -OCH3 is 1. The minimum Gasteiger partial charge on any atom is -0.382 e. The zero-order chi connectivity index (χ0) is 12.3. The van der Waals surface area contributed by atoms with Crippen LogP contribution in [0, 0.1) is 0 Å². The summed E-state index contributed by atoms with van der Waals surface area (Å²) in [6, 6.07) is 6.07. The lowest BCUT2D eigenvalue weighted by Gasteiger charge is -2.15. The quantitative estimate of drug-likeness (QED) is 0.373. The van der Waals surface area contributed by atoms with E-state index in [2.05, 4.69) is 10.4 Å². The van der Waals surface area contributed by atoms with Crippen molar-refractivity contribution in [3.05, 3.63) is 30.1 Å². The Morgan fingerprint density at radius 3 is 2.88 bits per heavy atom. The highest BCUT2D eigenvalue weighted by molar-refractivity contribution is 5.05. The first-order chi connectivity index (χ1) is 8.36. The molecular weight excluding hydrogens is 218 g/mol. The van der Waals surface area contributed by atoms with Gasteiger partial charge in [0.15, 0.2) is 0 Å². The van der Waals surface area contributed by atoms with Crippen LogP contribution in [0.3, 0.4) is 0 Å². The van der Waals surface area contributed by atoms with Gasteiger partial charge >= 0.3 is 0 Å². The molecule has 1 unspecified atom stereocenters. The Kier molecular flexibility index (Phi) is 7.49. The molecule has 1 aromatic rings. The first-order valence-corrected chi connectivity index (χ1v) is 5.79. The van der Waals surface area contributed by atoms with E-state index in [4.69, 9.17) is 15.3 Å². The third-order valence-electron chi connectivity index (χ3n) is 2.46. The molecule has 0 saturated heterocycles. The number of nitrogens with two attached hydrogens (primary N) is 1. The molecule has 0 fully saturated rings. The predicted molar refractivity (Wildman–Crippen MR) is 66.4 cm³/mol. The van der Waals surface area contributed by atoms with Gasteiger partial charge in [0.25, 0.3) is 0 Å². The summed E-state index contributed by atoms with van der Waals surface area (Å²) in [5.74, 6) is 5.50. The molecule has 1 atom stereocenters. The summed E-state index contributed by atoms with van der Waals surface area (Å²) in [5, 5.41) is 0. The molecule has 0 aliphatic carbocycles. The molecule has 3 N–H and O–H groups in total. The largest absolute Gasteiger partial charge is 0.382 e. The van der Waals surface area contributed by atoms with Crippen LogP contribution in [-0.2, 0) is 15.9 Å². The second kappa shape index (κ2) is 9.07. The van der Waals surface area contributed by atoms with Gasteiger partial charge in [-0.1, -0.05) is 6.07 Å². The van der Waals surface area contributed by atoms with E-state index in [0.29, 0.717) is 19.8 Å². The molecule has 5 heteroatoms. The van der Waals surface area contributed by atoms with E-state index >= 15 is 0 Å². The molecule has 1 aromatic heterocycles. The monoisotopic (exact) mass is 239 g/mol. The summed E-state index contributed by atoms with van der Waals surface area (Å²) in [5.41, 5.74) is 3.82. The van der Waals surface area contributed by atoms with Crippen LogP contribution in [-0.4, -0.2) is 38.0 Å². The third-order valence-corrected chi connectivity index (χ3v) is 2.46. The Morgan fingerprint density at radius 1 is 1.35 bits per heavy atom. The van der Waals surface area contributed by atoms with Crippen LogP contribution in [0.25, 0.3) is 0 Å². The molecule has 96 valence electrons. The fourth-order valence-corrected chi connectivity index (χ4v) is 1.49. The molecule has 0 amide bonds. The molecule has 5 nitrogen and oxygen atoms in total. The summed E-state index contributed by atoms with van der Waals surface area (Å²) in [4.78, 5) is 4.27. The lowest BCUT2D eigenvalue weighted by atomic mass is 10.1. The van der Waals surface area contributed by atoms with Crippen molar-refractivity contribution >= 4 is 0 Å². The van der Waals surface area contributed by atoms with Crippen molar-refractivity contribution in [3.63, 3.8) is 0 Å². The Balaban J connectivity index is 2.20. The summed E-state index contributed by atoms with van der Waals surface area (Å²) >= 11 is 0. The topological polar surface area (TPSA) is 69.4 Å². The van der Waals surface area contributed by atoms with Crippen LogP contribution in [0.1, 0.15) is 12.1 Å². The number of hydrazine groups is 1. The first-order valence-electron chi connectivity index (χ1n) is 5.79. The first kappa shape index (κ1) is 14.1. The number of ether oxygens (including phenoxy) is 2. The Labute approximate surface area is 102 Å². The lowest BCUT2D eigenvalue weighted by Crippen LogP contribution is -2.37. The molecule has 0 bridgehead atoms. The molecule has 0 radical (unpaired) electrons. The second-order valence-corrected chi connectivity index (χ2v) is 3.78. The van der Waals surface area contributed by atoms with Crippen LogP contribution in [0.2, 0.25) is 0 Å². The summed E-state index contributed by atoms with van der Waals surface area (Å²) < 4.78 is 10.3. The number of nitrogens with zero attached hydrogens (tertiary/aromatic N) is 1. The lowest BCUT2D eigenvalue weighted by molar-refractivity contribution is 0.0658. The highest BCUT2D eigenvalue weighted by atomic mass is 16.5. The summed E-state index contributed by atoms with van der Waals surface area (Å²) in [7, 11) is 1.66. The average Bonchev–Trinajstić information content (AvgIpc) is 2.38. The average molecular weight is 239 g/mol. The van der Waals surface area contributed by atoms with Crippen molar-refractivity contribution in [3.8, 4) is 0 Å². The van der Waals surface area contributed by atoms with Gasteiger partial charge in [-0.15, -0.1) is 0 Å². The van der Waals surface area contributed by atoms with Crippen LogP contribution >= 0.6 is 0 Å². The van der Waals surface area contributed by atoms with Crippen molar-refractivity contribution in [1.29, 1.82) is 0 Å². The molecule has 0 aromatic carbocycles. The van der Waals surface area contributed by atoms with Gasteiger partial charge in [0.05, 0.1) is 13.2 Å². The maximum Gasteiger partial charge on any atom is 0.0700 e. The van der Waals surface area contributed by atoms with Crippen LogP contribution in [0.15, 0.2) is 24.4 Å². The molecular formula is C12H21N3O2. The molecule has 0 aliphatic heterocycles. The highest BCUT2D eigenvalue weighted by Crippen LogP contribution is 2.02. The number of pyridine rings is 1. The van der Waals surface area contributed by atoms with Crippen LogP contribution in [0.5, 0.6) is 0 Å². The maximum atomic E-state index is 5.50. The zero-order valence-electron chi connectivity index (χ0n) is 10.3. The van der Waals surface area contributed by atoms with Gasteiger partial charge in [0.2, 0.25) is 0 Å². The van der Waals surface area contributed by atoms with Gasteiger partial charge < -0.3 is 9.47 Å². The molecule has 17 heavy (non-hydrogen) atoms. The second-order valence-electron chi connectivity index (χ2n) is 3.78. The highest BCUT2D eigenvalue weighted by Gasteiger charge is 2.08. The van der Waals surface area contributed by atoms with E-state index in [1.54, 1.807) is 13.3 Å². The van der Waals surface area contributed by atoms with Crippen molar-refractivity contribution in [2.75, 3.05) is 26.9 Å². The predicted octanol–water partition coefficient (Wildman–Crippen LogP) is 0.509. The smallest absolute Gasteiger partial charge is 0.0700 e. The molecule has 0 saturated carbocycles. The fraction of sp³-hybridized carbons (Fsp3) is 0.583. The standard InChI is InChI=1S/C12H21N3O2/c1-16-8-9-17-7-5-12(15-13)10-11-4-2-3-6-14-11/h2-4,6,12,15H,5,7-10,13H2,1H3. The van der Waals surface area contributed by atoms with Crippen LogP contribution < -0.4 is 11.3 Å². The molecule has 0 aliphatic rings. The van der Waals surface area contributed by atoms with E-state index in [0.717, 1.165) is 18.5 Å². The van der Waals surface area contributed by atoms with Gasteiger partial charge in [0.1, 0.15) is 0 Å². The minimum absolute atomic E-state index is 0.187. The number of aromatic nitrogens is 1. The third kappa shape index (κ3) is 6.33. The van der Waals surface area contributed by atoms with Crippen molar-refractivity contribution in [1.82, 2.24) is 10.4 Å². The number of hydrogen-bond acceptors (Lipinski definition) is 5. The Bertz CT molecular complexity index is 282. The summed E-state index contributed by atoms with van der Waals surface area (Å²) in [6.45, 7) is 1.92. The number of nitrogens with one attached hydrogen (secondary N) is 1. The van der Waals surface area contributed by atoms with E-state index in [1.807, 2.05) is 18.2 Å². The van der Waals surface area contributed by atoms with E-state index in [1.165, 1.54) is 0 Å². The zero-order valence-corrected chi connectivity index (χ0v) is 10.3. The fourth-order valence-electron chi connectivity index (χ4n) is 1.49. The Hall–Kier alpha value is -1.01. The summed E-state index contributed by atoms with van der Waals surface area (Å²) in [6.07, 6.45) is 3.46.